The fraction of sp³-hybridized carbons (Fsp3) is 0.0769. The molecular formula is C13H12N4. The summed E-state index contributed by atoms with van der Waals surface area (Å²) in [6.45, 7) is 1.96. The molecule has 4 nitrogen and oxygen atoms in total. The Morgan fingerprint density at radius 3 is 2.88 bits per heavy atom. The van der Waals surface area contributed by atoms with Crippen molar-refractivity contribution in [1.29, 1.82) is 0 Å². The number of nitrogens with two attached hydrogens (primary N) is 1. The molecule has 1 aromatic carbocycles. The standard InChI is InChI=1S/C13H12N4/c1-8-12(16-17-13(8)14)10-4-5-11-9(7-10)3-2-6-15-11/h2-7H,1H3,(H3,14,16,17). The highest BCUT2D eigenvalue weighted by Gasteiger charge is 2.08. The molecule has 0 fully saturated rings. The SMILES string of the molecule is Cc1c(N)n[nH]c1-c1ccc2ncccc2c1. The molecule has 2 heterocycles. The van der Waals surface area contributed by atoms with Crippen LogP contribution in [-0.4, -0.2) is 15.2 Å². The molecule has 0 aliphatic carbocycles. The number of rotatable bonds is 1. The maximum Gasteiger partial charge on any atom is 0.148 e. The summed E-state index contributed by atoms with van der Waals surface area (Å²) >= 11 is 0. The Hall–Kier alpha value is -2.36. The molecular weight excluding hydrogens is 212 g/mol. The largest absolute Gasteiger partial charge is 0.382 e. The summed E-state index contributed by atoms with van der Waals surface area (Å²) in [7, 11) is 0. The number of aromatic nitrogens is 3. The molecule has 0 unspecified atom stereocenters. The molecule has 0 bridgehead atoms. The highest BCUT2D eigenvalue weighted by molar-refractivity contribution is 5.84. The molecule has 84 valence electrons. The first-order valence-electron chi connectivity index (χ1n) is 5.41. The topological polar surface area (TPSA) is 67.6 Å². The highest BCUT2D eigenvalue weighted by Crippen LogP contribution is 2.26. The number of aromatic amines is 1. The summed E-state index contributed by atoms with van der Waals surface area (Å²) < 4.78 is 0. The second kappa shape index (κ2) is 3.59. The van der Waals surface area contributed by atoms with E-state index in [2.05, 4.69) is 21.2 Å². The van der Waals surface area contributed by atoms with Gasteiger partial charge in [-0.2, -0.15) is 5.10 Å². The number of hydrogen-bond donors (Lipinski definition) is 2. The van der Waals surface area contributed by atoms with Crippen LogP contribution in [0.1, 0.15) is 5.56 Å². The van der Waals surface area contributed by atoms with Gasteiger partial charge in [0.25, 0.3) is 0 Å². The van der Waals surface area contributed by atoms with Gasteiger partial charge in [-0.05, 0) is 25.1 Å². The van der Waals surface area contributed by atoms with Gasteiger partial charge >= 0.3 is 0 Å². The number of benzene rings is 1. The van der Waals surface area contributed by atoms with Crippen molar-refractivity contribution in [2.45, 2.75) is 6.92 Å². The van der Waals surface area contributed by atoms with Crippen LogP contribution in [0.4, 0.5) is 5.82 Å². The van der Waals surface area contributed by atoms with Gasteiger partial charge in [-0.15, -0.1) is 0 Å². The van der Waals surface area contributed by atoms with E-state index in [1.54, 1.807) is 6.20 Å². The van der Waals surface area contributed by atoms with Crippen molar-refractivity contribution < 1.29 is 0 Å². The minimum atomic E-state index is 0.547. The third-order valence-electron chi connectivity index (χ3n) is 2.94. The quantitative estimate of drug-likeness (QED) is 0.667. The smallest absolute Gasteiger partial charge is 0.148 e. The number of nitrogen functional groups attached to an aromatic ring is 1. The van der Waals surface area contributed by atoms with Crippen molar-refractivity contribution >= 4 is 16.7 Å². The van der Waals surface area contributed by atoms with E-state index in [1.165, 1.54) is 0 Å². The monoisotopic (exact) mass is 224 g/mol. The summed E-state index contributed by atoms with van der Waals surface area (Å²) in [6, 6.07) is 10.1. The van der Waals surface area contributed by atoms with Crippen LogP contribution in [0, 0.1) is 6.92 Å². The summed E-state index contributed by atoms with van der Waals surface area (Å²) in [5, 5.41) is 8.08. The lowest BCUT2D eigenvalue weighted by molar-refractivity contribution is 1.10. The summed E-state index contributed by atoms with van der Waals surface area (Å²) in [6.07, 6.45) is 1.79. The minimum Gasteiger partial charge on any atom is -0.382 e. The van der Waals surface area contributed by atoms with Gasteiger partial charge in [0.1, 0.15) is 5.82 Å². The van der Waals surface area contributed by atoms with Gasteiger partial charge in [-0.25, -0.2) is 0 Å². The average molecular weight is 224 g/mol. The van der Waals surface area contributed by atoms with Crippen LogP contribution in [0.25, 0.3) is 22.2 Å². The molecule has 0 amide bonds. The van der Waals surface area contributed by atoms with Crippen molar-refractivity contribution in [3.05, 3.63) is 42.1 Å². The number of fused-ring (bicyclic) bond motifs is 1. The van der Waals surface area contributed by atoms with E-state index >= 15 is 0 Å². The molecule has 3 N–H and O–H groups in total. The predicted octanol–water partition coefficient (Wildman–Crippen LogP) is 2.52. The molecule has 0 aliphatic heterocycles. The lowest BCUT2D eigenvalue weighted by Crippen LogP contribution is -1.86. The van der Waals surface area contributed by atoms with Crippen molar-refractivity contribution in [3.8, 4) is 11.3 Å². The van der Waals surface area contributed by atoms with E-state index in [1.807, 2.05) is 31.2 Å². The number of anilines is 1. The molecule has 0 saturated carbocycles. The van der Waals surface area contributed by atoms with E-state index < -0.39 is 0 Å². The van der Waals surface area contributed by atoms with Crippen molar-refractivity contribution in [2.24, 2.45) is 0 Å². The first-order valence-corrected chi connectivity index (χ1v) is 5.41. The second-order valence-electron chi connectivity index (χ2n) is 4.02. The molecule has 0 saturated heterocycles. The van der Waals surface area contributed by atoms with Crippen LogP contribution in [-0.2, 0) is 0 Å². The normalized spacial score (nSPS) is 10.9. The molecule has 4 heteroatoms. The van der Waals surface area contributed by atoms with E-state index in [4.69, 9.17) is 5.73 Å². The Kier molecular flexibility index (Phi) is 2.08. The Labute approximate surface area is 98.5 Å². The molecule has 17 heavy (non-hydrogen) atoms. The van der Waals surface area contributed by atoms with Crippen molar-refractivity contribution in [1.82, 2.24) is 15.2 Å². The molecule has 3 rings (SSSR count). The second-order valence-corrected chi connectivity index (χ2v) is 4.02. The first kappa shape index (κ1) is 9.84. The van der Waals surface area contributed by atoms with Gasteiger partial charge in [0.05, 0.1) is 11.2 Å². The van der Waals surface area contributed by atoms with Gasteiger partial charge in [0, 0.05) is 22.7 Å². The maximum absolute atomic E-state index is 5.74. The van der Waals surface area contributed by atoms with Crippen LogP contribution in [0.15, 0.2) is 36.5 Å². The van der Waals surface area contributed by atoms with Crippen LogP contribution in [0.2, 0.25) is 0 Å². The number of nitrogens with one attached hydrogen (secondary N) is 1. The third-order valence-corrected chi connectivity index (χ3v) is 2.94. The van der Waals surface area contributed by atoms with Crippen LogP contribution >= 0.6 is 0 Å². The van der Waals surface area contributed by atoms with Crippen LogP contribution < -0.4 is 5.73 Å². The zero-order valence-electron chi connectivity index (χ0n) is 9.44. The maximum atomic E-state index is 5.74. The Morgan fingerprint density at radius 2 is 2.12 bits per heavy atom. The van der Waals surface area contributed by atoms with Gasteiger partial charge in [-0.3, -0.25) is 10.1 Å². The molecule has 2 aromatic heterocycles. The first-order chi connectivity index (χ1) is 8.25. The van der Waals surface area contributed by atoms with Gasteiger partial charge in [0.2, 0.25) is 0 Å². The van der Waals surface area contributed by atoms with Gasteiger partial charge in [-0.1, -0.05) is 12.1 Å². The molecule has 3 aromatic rings. The van der Waals surface area contributed by atoms with Gasteiger partial charge < -0.3 is 5.73 Å². The molecule has 0 aliphatic rings. The molecule has 0 radical (unpaired) electrons. The van der Waals surface area contributed by atoms with E-state index in [0.717, 1.165) is 27.7 Å². The summed E-state index contributed by atoms with van der Waals surface area (Å²) in [5.41, 5.74) is 9.75. The van der Waals surface area contributed by atoms with Crippen molar-refractivity contribution in [3.63, 3.8) is 0 Å². The lowest BCUT2D eigenvalue weighted by Gasteiger charge is -2.02. The third kappa shape index (κ3) is 1.54. The minimum absolute atomic E-state index is 0.547. The molecule has 0 spiro atoms. The lowest BCUT2D eigenvalue weighted by atomic mass is 10.1. The zero-order chi connectivity index (χ0) is 11.8. The number of nitrogens with zero attached hydrogens (tertiary/aromatic N) is 2. The number of H-pyrrole nitrogens is 1. The number of pyridine rings is 1. The molecule has 0 atom stereocenters. The highest BCUT2D eigenvalue weighted by atomic mass is 15.2. The zero-order valence-corrected chi connectivity index (χ0v) is 9.44. The fourth-order valence-corrected chi connectivity index (χ4v) is 1.92. The number of hydrogen-bond acceptors (Lipinski definition) is 3. The Balaban J connectivity index is 2.21. The van der Waals surface area contributed by atoms with Crippen molar-refractivity contribution in [2.75, 3.05) is 5.73 Å². The summed E-state index contributed by atoms with van der Waals surface area (Å²) in [5.74, 6) is 0.547. The Bertz CT molecular complexity index is 685. The average Bonchev–Trinajstić information content (AvgIpc) is 2.70. The predicted molar refractivity (Wildman–Crippen MR) is 68.5 cm³/mol. The Morgan fingerprint density at radius 1 is 1.24 bits per heavy atom. The fourth-order valence-electron chi connectivity index (χ4n) is 1.92. The van der Waals surface area contributed by atoms with E-state index in [9.17, 15) is 0 Å². The van der Waals surface area contributed by atoms with E-state index in [-0.39, 0.29) is 0 Å². The summed E-state index contributed by atoms with van der Waals surface area (Å²) in [4.78, 5) is 4.29. The van der Waals surface area contributed by atoms with Gasteiger partial charge in [0.15, 0.2) is 0 Å². The van der Waals surface area contributed by atoms with Crippen LogP contribution in [0.3, 0.4) is 0 Å². The van der Waals surface area contributed by atoms with E-state index in [0.29, 0.717) is 5.82 Å². The van der Waals surface area contributed by atoms with Crippen LogP contribution in [0.5, 0.6) is 0 Å².